The molecule has 4 heterocycles. The average molecular weight is 369 g/mol. The fraction of sp³-hybridized carbons (Fsp3) is 0.591. The summed E-state index contributed by atoms with van der Waals surface area (Å²) < 4.78 is 0. The number of carbonyl (C=O) groups is 1. The monoisotopic (exact) mass is 368 g/mol. The van der Waals surface area contributed by atoms with Crippen LogP contribution < -0.4 is 0 Å². The molecule has 146 valence electrons. The number of nitrogens with one attached hydrogen (secondary N) is 1. The van der Waals surface area contributed by atoms with Gasteiger partial charge in [0.05, 0.1) is 6.54 Å². The van der Waals surface area contributed by atoms with Crippen LogP contribution in [0.1, 0.15) is 29.7 Å². The number of piperidine rings is 1. The summed E-state index contributed by atoms with van der Waals surface area (Å²) in [5.74, 6) is 0.885. The van der Waals surface area contributed by atoms with Crippen LogP contribution in [-0.2, 0) is 11.3 Å². The molecular formula is C22H32N4O. The maximum atomic E-state index is 12.2. The first kappa shape index (κ1) is 18.5. The molecule has 1 N–H and O–H groups in total. The van der Waals surface area contributed by atoms with Gasteiger partial charge >= 0.3 is 0 Å². The number of aromatic nitrogens is 1. The van der Waals surface area contributed by atoms with Gasteiger partial charge in [-0.15, -0.1) is 0 Å². The first-order chi connectivity index (χ1) is 12.9. The van der Waals surface area contributed by atoms with Gasteiger partial charge in [0.25, 0.3) is 0 Å². The summed E-state index contributed by atoms with van der Waals surface area (Å²) in [6.45, 7) is 9.14. The first-order valence-electron chi connectivity index (χ1n) is 10.1. The Kier molecular flexibility index (Phi) is 4.99. The van der Waals surface area contributed by atoms with Gasteiger partial charge < -0.3 is 9.88 Å². The highest BCUT2D eigenvalue weighted by molar-refractivity contribution is 5.85. The summed E-state index contributed by atoms with van der Waals surface area (Å²) in [5.41, 5.74) is 5.28. The lowest BCUT2D eigenvalue weighted by atomic mass is 9.94. The molecule has 3 fully saturated rings. The van der Waals surface area contributed by atoms with E-state index in [1.807, 2.05) is 14.1 Å². The molecule has 1 aromatic carbocycles. The number of hydrogen-bond donors (Lipinski definition) is 1. The van der Waals surface area contributed by atoms with Crippen LogP contribution in [0.4, 0.5) is 0 Å². The minimum absolute atomic E-state index is 0.213. The Morgan fingerprint density at radius 3 is 2.78 bits per heavy atom. The summed E-state index contributed by atoms with van der Waals surface area (Å²) in [5, 5.41) is 1.35. The van der Waals surface area contributed by atoms with Gasteiger partial charge in [-0.1, -0.05) is 11.6 Å². The Labute approximate surface area is 162 Å². The Morgan fingerprint density at radius 1 is 1.19 bits per heavy atom. The highest BCUT2D eigenvalue weighted by Crippen LogP contribution is 2.31. The van der Waals surface area contributed by atoms with E-state index in [1.165, 1.54) is 40.6 Å². The zero-order valence-electron chi connectivity index (χ0n) is 17.1. The Bertz CT molecular complexity index is 840. The van der Waals surface area contributed by atoms with E-state index >= 15 is 0 Å². The lowest BCUT2D eigenvalue weighted by molar-refractivity contribution is -0.130. The molecule has 5 heteroatoms. The van der Waals surface area contributed by atoms with Crippen LogP contribution >= 0.6 is 0 Å². The van der Waals surface area contributed by atoms with Gasteiger partial charge in [0.1, 0.15) is 0 Å². The predicted octanol–water partition coefficient (Wildman–Crippen LogP) is 2.77. The number of rotatable bonds is 4. The second-order valence-electron chi connectivity index (χ2n) is 8.79. The fourth-order valence-electron chi connectivity index (χ4n) is 4.79. The van der Waals surface area contributed by atoms with Crippen LogP contribution in [-0.4, -0.2) is 71.9 Å². The van der Waals surface area contributed by atoms with E-state index in [0.717, 1.165) is 26.2 Å². The van der Waals surface area contributed by atoms with Gasteiger partial charge in [-0.3, -0.25) is 14.6 Å². The van der Waals surface area contributed by atoms with Gasteiger partial charge in [-0.2, -0.15) is 0 Å². The van der Waals surface area contributed by atoms with Gasteiger partial charge in [-0.05, 0) is 50.3 Å². The highest BCUT2D eigenvalue weighted by Gasteiger charge is 2.35. The number of benzene rings is 1. The maximum absolute atomic E-state index is 12.2. The summed E-state index contributed by atoms with van der Waals surface area (Å²) in [7, 11) is 3.70. The standard InChI is InChI=1S/C22H32N4O/c1-15-5-8-20-19(9-15)16(2)21(23-20)13-26-11-17-6-7-18(26)12-25(10-17)14-22(27)24(3)4/h5,8-9,17-18,23H,6-7,10-14H2,1-4H3/t17-,18+/m1/s1. The number of nitrogens with zero attached hydrogens (tertiary/aromatic N) is 3. The zero-order chi connectivity index (χ0) is 19.1. The SMILES string of the molecule is Cc1ccc2[nH]c(CN3C[C@@H]4CC[C@H]3CN(CC(=O)N(C)C)C4)c(C)c2c1. The van der Waals surface area contributed by atoms with Crippen molar-refractivity contribution in [2.24, 2.45) is 5.92 Å². The lowest BCUT2D eigenvalue weighted by Gasteiger charge is -2.36. The van der Waals surface area contributed by atoms with Crippen molar-refractivity contribution in [3.63, 3.8) is 0 Å². The number of H-pyrrole nitrogens is 1. The summed E-state index contributed by atoms with van der Waals surface area (Å²) in [6.07, 6.45) is 2.54. The molecule has 27 heavy (non-hydrogen) atoms. The lowest BCUT2D eigenvalue weighted by Crippen LogP contribution is -2.44. The average Bonchev–Trinajstić information content (AvgIpc) is 2.77. The largest absolute Gasteiger partial charge is 0.357 e. The van der Waals surface area contributed by atoms with Crippen LogP contribution in [0.2, 0.25) is 0 Å². The molecule has 2 bridgehead atoms. The highest BCUT2D eigenvalue weighted by atomic mass is 16.2. The van der Waals surface area contributed by atoms with Gasteiger partial charge in [0, 0.05) is 62.9 Å². The zero-order valence-corrected chi connectivity index (χ0v) is 17.1. The van der Waals surface area contributed by atoms with Crippen molar-refractivity contribution in [1.82, 2.24) is 19.7 Å². The molecule has 0 aliphatic carbocycles. The molecule has 5 nitrogen and oxygen atoms in total. The van der Waals surface area contributed by atoms with Crippen LogP contribution in [0.3, 0.4) is 0 Å². The molecule has 2 aromatic rings. The third kappa shape index (κ3) is 3.76. The quantitative estimate of drug-likeness (QED) is 0.902. The van der Waals surface area contributed by atoms with Crippen molar-refractivity contribution < 1.29 is 4.79 Å². The molecular weight excluding hydrogens is 336 g/mol. The summed E-state index contributed by atoms with van der Waals surface area (Å²) in [4.78, 5) is 22.6. The normalized spacial score (nSPS) is 23.7. The first-order valence-corrected chi connectivity index (χ1v) is 10.1. The van der Waals surface area contributed by atoms with Gasteiger partial charge in [0.2, 0.25) is 5.91 Å². The van der Waals surface area contributed by atoms with Gasteiger partial charge in [0.15, 0.2) is 0 Å². The minimum atomic E-state index is 0.213. The van der Waals surface area contributed by atoms with Crippen LogP contribution in [0.5, 0.6) is 0 Å². The third-order valence-electron chi connectivity index (χ3n) is 6.44. The Balaban J connectivity index is 1.51. The molecule has 0 unspecified atom stereocenters. The minimum Gasteiger partial charge on any atom is -0.357 e. The van der Waals surface area contributed by atoms with Crippen molar-refractivity contribution in [2.75, 3.05) is 40.3 Å². The fourth-order valence-corrected chi connectivity index (χ4v) is 4.79. The molecule has 3 saturated heterocycles. The number of amides is 1. The van der Waals surface area contributed by atoms with E-state index in [-0.39, 0.29) is 5.91 Å². The number of fused-ring (bicyclic) bond motifs is 5. The number of carbonyl (C=O) groups excluding carboxylic acids is 1. The predicted molar refractivity (Wildman–Crippen MR) is 110 cm³/mol. The molecule has 1 amide bonds. The van der Waals surface area contributed by atoms with Crippen molar-refractivity contribution >= 4 is 16.8 Å². The van der Waals surface area contributed by atoms with E-state index in [2.05, 4.69) is 46.8 Å². The van der Waals surface area contributed by atoms with E-state index < -0.39 is 0 Å². The summed E-state index contributed by atoms with van der Waals surface area (Å²) >= 11 is 0. The van der Waals surface area contributed by atoms with Crippen LogP contribution in [0.15, 0.2) is 18.2 Å². The smallest absolute Gasteiger partial charge is 0.236 e. The number of aromatic amines is 1. The maximum Gasteiger partial charge on any atom is 0.236 e. The van der Waals surface area contributed by atoms with Crippen molar-refractivity contribution in [2.45, 2.75) is 39.3 Å². The number of aryl methyl sites for hydroxylation is 2. The summed E-state index contributed by atoms with van der Waals surface area (Å²) in [6, 6.07) is 7.21. The molecule has 0 saturated carbocycles. The number of likely N-dealkylation sites (N-methyl/N-ethyl adjacent to an activating group) is 1. The van der Waals surface area contributed by atoms with E-state index in [0.29, 0.717) is 18.5 Å². The molecule has 3 aliphatic rings. The van der Waals surface area contributed by atoms with E-state index in [1.54, 1.807) is 4.90 Å². The molecule has 1 aromatic heterocycles. The molecule has 2 atom stereocenters. The number of hydrogen-bond acceptors (Lipinski definition) is 3. The molecule has 0 radical (unpaired) electrons. The Morgan fingerprint density at radius 2 is 2.00 bits per heavy atom. The molecule has 5 rings (SSSR count). The topological polar surface area (TPSA) is 42.6 Å². The van der Waals surface area contributed by atoms with Crippen molar-refractivity contribution in [3.8, 4) is 0 Å². The van der Waals surface area contributed by atoms with Crippen LogP contribution in [0.25, 0.3) is 10.9 Å². The van der Waals surface area contributed by atoms with E-state index in [9.17, 15) is 4.79 Å². The second-order valence-corrected chi connectivity index (χ2v) is 8.79. The molecule has 3 aliphatic heterocycles. The van der Waals surface area contributed by atoms with Crippen molar-refractivity contribution in [3.05, 3.63) is 35.0 Å². The molecule has 0 spiro atoms. The van der Waals surface area contributed by atoms with Crippen LogP contribution in [0, 0.1) is 19.8 Å². The van der Waals surface area contributed by atoms with E-state index in [4.69, 9.17) is 0 Å². The van der Waals surface area contributed by atoms with Gasteiger partial charge in [-0.25, -0.2) is 0 Å². The second kappa shape index (κ2) is 7.28. The Hall–Kier alpha value is -1.85. The van der Waals surface area contributed by atoms with Crippen molar-refractivity contribution in [1.29, 1.82) is 0 Å². The third-order valence-corrected chi connectivity index (χ3v) is 6.44.